The van der Waals surface area contributed by atoms with Gasteiger partial charge in [0.2, 0.25) is 5.91 Å². The summed E-state index contributed by atoms with van der Waals surface area (Å²) in [4.78, 5) is 25.7. The topological polar surface area (TPSA) is 77.1 Å². The predicted octanol–water partition coefficient (Wildman–Crippen LogP) is 1.59. The fraction of sp³-hybridized carbons (Fsp3) is 0.556. The molecular formula is C18H24N2O5. The van der Waals surface area contributed by atoms with E-state index in [1.807, 2.05) is 18.2 Å². The Morgan fingerprint density at radius 3 is 2.68 bits per heavy atom. The van der Waals surface area contributed by atoms with Gasteiger partial charge in [-0.3, -0.25) is 4.79 Å². The first-order chi connectivity index (χ1) is 12.1. The van der Waals surface area contributed by atoms with Crippen LogP contribution in [0.1, 0.15) is 18.4 Å². The van der Waals surface area contributed by atoms with E-state index in [0.29, 0.717) is 26.1 Å². The maximum atomic E-state index is 12.5. The molecule has 136 valence electrons. The van der Waals surface area contributed by atoms with Crippen molar-refractivity contribution in [2.24, 2.45) is 5.92 Å². The van der Waals surface area contributed by atoms with Gasteiger partial charge < -0.3 is 24.4 Å². The van der Waals surface area contributed by atoms with Crippen LogP contribution in [0.2, 0.25) is 0 Å². The summed E-state index contributed by atoms with van der Waals surface area (Å²) in [6.07, 6.45) is 1.83. The monoisotopic (exact) mass is 348 g/mol. The molecule has 1 fully saturated rings. The Morgan fingerprint density at radius 1 is 1.24 bits per heavy atom. The zero-order valence-electron chi connectivity index (χ0n) is 14.6. The van der Waals surface area contributed by atoms with Crippen LogP contribution in [-0.2, 0) is 16.0 Å². The van der Waals surface area contributed by atoms with Gasteiger partial charge in [-0.1, -0.05) is 6.07 Å². The van der Waals surface area contributed by atoms with E-state index in [2.05, 4.69) is 5.32 Å². The Balaban J connectivity index is 1.52. The molecule has 1 aromatic rings. The molecule has 0 spiro atoms. The van der Waals surface area contributed by atoms with E-state index in [1.165, 1.54) is 7.11 Å². The quantitative estimate of drug-likeness (QED) is 0.898. The molecule has 1 N–H and O–H groups in total. The summed E-state index contributed by atoms with van der Waals surface area (Å²) in [5, 5.41) is 3.10. The molecule has 2 aliphatic rings. The molecule has 0 aromatic heterocycles. The summed E-state index contributed by atoms with van der Waals surface area (Å²) < 4.78 is 15.7. The number of carbonyl (C=O) groups excluding carboxylic acids is 2. The highest BCUT2D eigenvalue weighted by atomic mass is 16.5. The zero-order chi connectivity index (χ0) is 17.8. The summed E-state index contributed by atoms with van der Waals surface area (Å²) in [6, 6.07) is 5.77. The van der Waals surface area contributed by atoms with Crippen molar-refractivity contribution in [3.63, 3.8) is 0 Å². The minimum absolute atomic E-state index is 0.0120. The molecule has 2 aliphatic heterocycles. The first-order valence-corrected chi connectivity index (χ1v) is 8.53. The van der Waals surface area contributed by atoms with E-state index >= 15 is 0 Å². The minimum atomic E-state index is -0.308. The Kier molecular flexibility index (Phi) is 5.31. The maximum absolute atomic E-state index is 12.5. The molecule has 0 bridgehead atoms. The Morgan fingerprint density at radius 2 is 2.00 bits per heavy atom. The number of piperidine rings is 1. The van der Waals surface area contributed by atoms with Crippen molar-refractivity contribution in [1.29, 1.82) is 0 Å². The predicted molar refractivity (Wildman–Crippen MR) is 90.8 cm³/mol. The van der Waals surface area contributed by atoms with Crippen LogP contribution in [0.3, 0.4) is 0 Å². The summed E-state index contributed by atoms with van der Waals surface area (Å²) in [7, 11) is 3.00. The van der Waals surface area contributed by atoms with E-state index in [4.69, 9.17) is 14.2 Å². The summed E-state index contributed by atoms with van der Waals surface area (Å²) in [5.74, 6) is 1.35. The fourth-order valence-corrected chi connectivity index (χ4v) is 3.30. The first kappa shape index (κ1) is 17.4. The average molecular weight is 348 g/mol. The number of hydrogen-bond donors (Lipinski definition) is 1. The van der Waals surface area contributed by atoms with E-state index in [-0.39, 0.29) is 24.0 Å². The van der Waals surface area contributed by atoms with Crippen LogP contribution < -0.4 is 14.8 Å². The van der Waals surface area contributed by atoms with Crippen LogP contribution in [0, 0.1) is 5.92 Å². The Hall–Kier alpha value is -2.44. The second kappa shape index (κ2) is 7.63. The third-order valence-electron chi connectivity index (χ3n) is 4.83. The lowest BCUT2D eigenvalue weighted by atomic mass is 9.95. The molecule has 1 aromatic carbocycles. The van der Waals surface area contributed by atoms with Crippen LogP contribution in [0.25, 0.3) is 0 Å². The summed E-state index contributed by atoms with van der Waals surface area (Å²) in [6.45, 7) is 1.57. The number of amides is 2. The standard InChI is InChI=1S/C18H24N2O5/c1-23-15-4-3-12-9-13(11-25-16(12)10-15)17(21)19-14-5-7-20(8-6-14)18(22)24-2/h3-4,10,13-14H,5-9,11H2,1-2H3,(H,19,21)/t13-/m1/s1. The lowest BCUT2D eigenvalue weighted by Gasteiger charge is -2.32. The van der Waals surface area contributed by atoms with Gasteiger partial charge in [-0.05, 0) is 30.9 Å². The number of nitrogens with zero attached hydrogens (tertiary/aromatic N) is 1. The number of likely N-dealkylation sites (tertiary alicyclic amines) is 1. The van der Waals surface area contributed by atoms with Gasteiger partial charge in [0.15, 0.2) is 0 Å². The highest BCUT2D eigenvalue weighted by Gasteiger charge is 2.30. The molecule has 1 saturated heterocycles. The Bertz CT molecular complexity index is 640. The lowest BCUT2D eigenvalue weighted by molar-refractivity contribution is -0.127. The normalized spacial score (nSPS) is 20.2. The van der Waals surface area contributed by atoms with Gasteiger partial charge >= 0.3 is 6.09 Å². The number of fused-ring (bicyclic) bond motifs is 1. The highest BCUT2D eigenvalue weighted by Crippen LogP contribution is 2.31. The molecule has 7 heteroatoms. The number of methoxy groups -OCH3 is 2. The number of ether oxygens (including phenoxy) is 3. The first-order valence-electron chi connectivity index (χ1n) is 8.53. The molecule has 0 unspecified atom stereocenters. The van der Waals surface area contributed by atoms with Gasteiger partial charge in [0.1, 0.15) is 18.1 Å². The van der Waals surface area contributed by atoms with E-state index in [9.17, 15) is 9.59 Å². The number of carbonyl (C=O) groups is 2. The van der Waals surface area contributed by atoms with Crippen LogP contribution in [0.15, 0.2) is 18.2 Å². The van der Waals surface area contributed by atoms with Crippen molar-refractivity contribution >= 4 is 12.0 Å². The highest BCUT2D eigenvalue weighted by molar-refractivity contribution is 5.80. The molecular weight excluding hydrogens is 324 g/mol. The van der Waals surface area contributed by atoms with Gasteiger partial charge in [0.25, 0.3) is 0 Å². The van der Waals surface area contributed by atoms with Crippen LogP contribution in [0.4, 0.5) is 4.79 Å². The average Bonchev–Trinajstić information content (AvgIpc) is 2.67. The van der Waals surface area contributed by atoms with Gasteiger partial charge in [-0.25, -0.2) is 4.79 Å². The van der Waals surface area contributed by atoms with Crippen LogP contribution in [0.5, 0.6) is 11.5 Å². The van der Waals surface area contributed by atoms with Gasteiger partial charge in [0, 0.05) is 25.2 Å². The van der Waals surface area contributed by atoms with Gasteiger partial charge in [0.05, 0.1) is 20.1 Å². The molecule has 2 amide bonds. The largest absolute Gasteiger partial charge is 0.497 e. The van der Waals surface area contributed by atoms with E-state index in [1.54, 1.807) is 12.0 Å². The zero-order valence-corrected chi connectivity index (χ0v) is 14.6. The third kappa shape index (κ3) is 3.97. The van der Waals surface area contributed by atoms with Crippen molar-refractivity contribution in [2.75, 3.05) is 33.9 Å². The maximum Gasteiger partial charge on any atom is 0.409 e. The number of rotatable bonds is 3. The lowest BCUT2D eigenvalue weighted by Crippen LogP contribution is -2.49. The number of benzene rings is 1. The van der Waals surface area contributed by atoms with Crippen LogP contribution >= 0.6 is 0 Å². The van der Waals surface area contributed by atoms with Crippen molar-refractivity contribution in [3.8, 4) is 11.5 Å². The Labute approximate surface area is 147 Å². The minimum Gasteiger partial charge on any atom is -0.497 e. The SMILES string of the molecule is COC(=O)N1CCC(NC(=O)[C@H]2COc3cc(OC)ccc3C2)CC1. The van der Waals surface area contributed by atoms with Gasteiger partial charge in [-0.15, -0.1) is 0 Å². The van der Waals surface area contributed by atoms with Crippen molar-refractivity contribution in [2.45, 2.75) is 25.3 Å². The molecule has 1 atom stereocenters. The summed E-state index contributed by atoms with van der Waals surface area (Å²) >= 11 is 0. The second-order valence-corrected chi connectivity index (χ2v) is 6.43. The second-order valence-electron chi connectivity index (χ2n) is 6.43. The van der Waals surface area contributed by atoms with Crippen molar-refractivity contribution in [3.05, 3.63) is 23.8 Å². The van der Waals surface area contributed by atoms with Crippen LogP contribution in [-0.4, -0.2) is 56.9 Å². The summed E-state index contributed by atoms with van der Waals surface area (Å²) in [5.41, 5.74) is 1.02. The number of hydrogen-bond acceptors (Lipinski definition) is 5. The molecule has 2 heterocycles. The fourth-order valence-electron chi connectivity index (χ4n) is 3.30. The smallest absolute Gasteiger partial charge is 0.409 e. The molecule has 0 saturated carbocycles. The number of nitrogens with one attached hydrogen (secondary N) is 1. The molecule has 0 aliphatic carbocycles. The van der Waals surface area contributed by atoms with Crippen molar-refractivity contribution in [1.82, 2.24) is 10.2 Å². The third-order valence-corrected chi connectivity index (χ3v) is 4.83. The molecule has 3 rings (SSSR count). The van der Waals surface area contributed by atoms with Gasteiger partial charge in [-0.2, -0.15) is 0 Å². The molecule has 25 heavy (non-hydrogen) atoms. The van der Waals surface area contributed by atoms with Crippen molar-refractivity contribution < 1.29 is 23.8 Å². The molecule has 7 nitrogen and oxygen atoms in total. The van der Waals surface area contributed by atoms with E-state index in [0.717, 1.165) is 29.9 Å². The molecule has 0 radical (unpaired) electrons. The van der Waals surface area contributed by atoms with E-state index < -0.39 is 0 Å².